The van der Waals surface area contributed by atoms with Gasteiger partial charge in [-0.3, -0.25) is 0 Å². The normalized spacial score (nSPS) is 11.1. The second kappa shape index (κ2) is 5.28. The molecule has 5 heteroatoms. The summed E-state index contributed by atoms with van der Waals surface area (Å²) in [5.41, 5.74) is 0.172. The first kappa shape index (κ1) is 13.7. The van der Waals surface area contributed by atoms with Crippen molar-refractivity contribution in [2.75, 3.05) is 0 Å². The fourth-order valence-corrected chi connectivity index (χ4v) is 2.41. The van der Waals surface area contributed by atoms with E-state index < -0.39 is 5.82 Å². The first-order valence-electron chi connectivity index (χ1n) is 4.59. The maximum atomic E-state index is 13.4. The summed E-state index contributed by atoms with van der Waals surface area (Å²) in [7, 11) is 0. The second-order valence-corrected chi connectivity index (χ2v) is 6.61. The minimum Gasteiger partial charge on any atom is -0.205 e. The van der Waals surface area contributed by atoms with Crippen LogP contribution in [0.4, 0.5) is 10.1 Å². The number of isothiocyanates is 1. The van der Waals surface area contributed by atoms with Gasteiger partial charge in [0.2, 0.25) is 0 Å². The van der Waals surface area contributed by atoms with E-state index in [4.69, 9.17) is 11.6 Å². The van der Waals surface area contributed by atoms with Crippen LogP contribution < -0.4 is 0 Å². The molecule has 0 atom stereocenters. The fourth-order valence-electron chi connectivity index (χ4n) is 1.06. The SMILES string of the molecule is CC(C)(C)Sc1cc(N=C=S)c(F)cc1Cl. The second-order valence-electron chi connectivity index (χ2n) is 4.15. The van der Waals surface area contributed by atoms with Crippen LogP contribution in [0.2, 0.25) is 5.02 Å². The zero-order valence-electron chi connectivity index (χ0n) is 9.17. The molecule has 0 aliphatic heterocycles. The highest BCUT2D eigenvalue weighted by atomic mass is 35.5. The molecule has 1 rings (SSSR count). The van der Waals surface area contributed by atoms with Gasteiger partial charge in [0.1, 0.15) is 5.69 Å². The topological polar surface area (TPSA) is 12.4 Å². The molecule has 0 aliphatic rings. The van der Waals surface area contributed by atoms with Gasteiger partial charge in [-0.1, -0.05) is 32.4 Å². The lowest BCUT2D eigenvalue weighted by molar-refractivity contribution is 0.629. The summed E-state index contributed by atoms with van der Waals surface area (Å²) in [5.74, 6) is -0.486. The van der Waals surface area contributed by atoms with Crippen LogP contribution in [0.25, 0.3) is 0 Å². The van der Waals surface area contributed by atoms with Gasteiger partial charge >= 0.3 is 0 Å². The van der Waals surface area contributed by atoms with Crippen LogP contribution in [0.3, 0.4) is 0 Å². The van der Waals surface area contributed by atoms with Crippen molar-refractivity contribution >= 4 is 46.4 Å². The number of nitrogens with zero attached hydrogens (tertiary/aromatic N) is 1. The van der Waals surface area contributed by atoms with Crippen LogP contribution in [-0.2, 0) is 0 Å². The molecule has 0 fully saturated rings. The Morgan fingerprint density at radius 3 is 2.56 bits per heavy atom. The highest BCUT2D eigenvalue weighted by Crippen LogP contribution is 2.39. The van der Waals surface area contributed by atoms with Gasteiger partial charge in [0.15, 0.2) is 5.82 Å². The highest BCUT2D eigenvalue weighted by Gasteiger charge is 2.16. The molecule has 16 heavy (non-hydrogen) atoms. The number of thioether (sulfide) groups is 1. The molecular weight excluding hydrogens is 265 g/mol. The van der Waals surface area contributed by atoms with Crippen LogP contribution in [0.5, 0.6) is 0 Å². The van der Waals surface area contributed by atoms with Crippen molar-refractivity contribution in [3.63, 3.8) is 0 Å². The molecule has 0 bridgehead atoms. The summed E-state index contributed by atoms with van der Waals surface area (Å²) in [4.78, 5) is 4.45. The molecule has 0 spiro atoms. The van der Waals surface area contributed by atoms with Gasteiger partial charge in [0.25, 0.3) is 0 Å². The first-order chi connectivity index (χ1) is 7.33. The third-order valence-corrected chi connectivity index (χ3v) is 3.27. The summed E-state index contributed by atoms with van der Waals surface area (Å²) in [6, 6.07) is 2.84. The van der Waals surface area contributed by atoms with E-state index in [0.717, 1.165) is 4.90 Å². The van der Waals surface area contributed by atoms with Gasteiger partial charge in [0.05, 0.1) is 10.2 Å². The van der Waals surface area contributed by atoms with Crippen molar-refractivity contribution < 1.29 is 4.39 Å². The number of aliphatic imine (C=N–C) groups is 1. The maximum absolute atomic E-state index is 13.4. The molecule has 1 aromatic carbocycles. The molecule has 0 radical (unpaired) electrons. The number of halogens is 2. The summed E-state index contributed by atoms with van der Waals surface area (Å²) in [6.45, 7) is 6.17. The molecule has 1 aromatic rings. The molecule has 0 aliphatic carbocycles. The minimum absolute atomic E-state index is 0.000132. The van der Waals surface area contributed by atoms with E-state index in [1.165, 1.54) is 6.07 Å². The molecular formula is C11H11ClFNS2. The lowest BCUT2D eigenvalue weighted by atomic mass is 10.3. The largest absolute Gasteiger partial charge is 0.205 e. The lowest BCUT2D eigenvalue weighted by Crippen LogP contribution is -2.06. The standard InChI is InChI=1S/C11H11ClFNS2/c1-11(2,3)16-10-5-9(14-6-15)8(13)4-7(10)12/h4-5H,1-3H3. The van der Waals surface area contributed by atoms with Crippen molar-refractivity contribution in [3.05, 3.63) is 23.0 Å². The third kappa shape index (κ3) is 3.87. The van der Waals surface area contributed by atoms with E-state index in [-0.39, 0.29) is 10.4 Å². The molecule has 1 nitrogen and oxygen atoms in total. The predicted molar refractivity (Wildman–Crippen MR) is 71.7 cm³/mol. The Labute approximate surface area is 109 Å². The zero-order valence-corrected chi connectivity index (χ0v) is 11.6. The quantitative estimate of drug-likeness (QED) is 0.423. The predicted octanol–water partition coefficient (Wildman–Crippen LogP) is 5.10. The van der Waals surface area contributed by atoms with Gasteiger partial charge in [0, 0.05) is 9.64 Å². The Balaban J connectivity index is 3.19. The number of rotatable bonds is 2. The molecule has 0 heterocycles. The monoisotopic (exact) mass is 275 g/mol. The molecule has 0 N–H and O–H groups in total. The molecule has 86 valence electrons. The van der Waals surface area contributed by atoms with Gasteiger partial charge in [-0.05, 0) is 24.4 Å². The first-order valence-corrected chi connectivity index (χ1v) is 6.19. The third-order valence-electron chi connectivity index (χ3n) is 1.58. The van der Waals surface area contributed by atoms with Crippen LogP contribution in [0.15, 0.2) is 22.0 Å². The number of benzene rings is 1. The van der Waals surface area contributed by atoms with Crippen LogP contribution in [0, 0.1) is 5.82 Å². The lowest BCUT2D eigenvalue weighted by Gasteiger charge is -2.18. The molecule has 0 saturated carbocycles. The number of thiocarbonyl (C=S) groups is 1. The smallest absolute Gasteiger partial charge is 0.151 e. The van der Waals surface area contributed by atoms with E-state index in [9.17, 15) is 4.39 Å². The number of hydrogen-bond donors (Lipinski definition) is 0. The Morgan fingerprint density at radius 1 is 1.44 bits per heavy atom. The highest BCUT2D eigenvalue weighted by molar-refractivity contribution is 8.00. The zero-order chi connectivity index (χ0) is 12.3. The van der Waals surface area contributed by atoms with Gasteiger partial charge in [-0.2, -0.15) is 4.99 Å². The average molecular weight is 276 g/mol. The van der Waals surface area contributed by atoms with E-state index in [1.807, 2.05) is 0 Å². The van der Waals surface area contributed by atoms with E-state index >= 15 is 0 Å². The molecule has 0 aromatic heterocycles. The van der Waals surface area contributed by atoms with E-state index in [1.54, 1.807) is 17.8 Å². The molecule has 0 amide bonds. The van der Waals surface area contributed by atoms with Crippen molar-refractivity contribution in [1.82, 2.24) is 0 Å². The Hall–Kier alpha value is -0.410. The van der Waals surface area contributed by atoms with Gasteiger partial charge in [-0.25, -0.2) is 4.39 Å². The van der Waals surface area contributed by atoms with Gasteiger partial charge < -0.3 is 0 Å². The average Bonchev–Trinajstić information content (AvgIpc) is 2.11. The van der Waals surface area contributed by atoms with Gasteiger partial charge in [-0.15, -0.1) is 11.8 Å². The van der Waals surface area contributed by atoms with Crippen LogP contribution in [-0.4, -0.2) is 9.91 Å². The summed E-state index contributed by atoms with van der Waals surface area (Å²) >= 11 is 12.0. The van der Waals surface area contributed by atoms with Crippen molar-refractivity contribution in [3.8, 4) is 0 Å². The summed E-state index contributed by atoms with van der Waals surface area (Å²) in [5, 5.41) is 2.54. The van der Waals surface area contributed by atoms with Crippen LogP contribution >= 0.6 is 35.6 Å². The molecule has 0 unspecified atom stereocenters. The fraction of sp³-hybridized carbons (Fsp3) is 0.364. The van der Waals surface area contributed by atoms with E-state index in [0.29, 0.717) is 5.02 Å². The Kier molecular flexibility index (Phi) is 4.51. The maximum Gasteiger partial charge on any atom is 0.151 e. The van der Waals surface area contributed by atoms with Crippen molar-refractivity contribution in [1.29, 1.82) is 0 Å². The summed E-state index contributed by atoms with van der Waals surface area (Å²) in [6.07, 6.45) is 0. The van der Waals surface area contributed by atoms with E-state index in [2.05, 4.69) is 43.1 Å². The van der Waals surface area contributed by atoms with Crippen molar-refractivity contribution in [2.24, 2.45) is 4.99 Å². The summed E-state index contributed by atoms with van der Waals surface area (Å²) < 4.78 is 13.4. The molecule has 0 saturated heterocycles. The van der Waals surface area contributed by atoms with Crippen molar-refractivity contribution in [2.45, 2.75) is 30.4 Å². The Bertz CT molecular complexity index is 448. The minimum atomic E-state index is -0.486. The Morgan fingerprint density at radius 2 is 2.06 bits per heavy atom. The van der Waals surface area contributed by atoms with Crippen LogP contribution in [0.1, 0.15) is 20.8 Å². The number of hydrogen-bond acceptors (Lipinski definition) is 3.